The Hall–Kier alpha value is -0.920. The van der Waals surface area contributed by atoms with Crippen molar-refractivity contribution in [2.45, 2.75) is 6.42 Å². The van der Waals surface area contributed by atoms with Gasteiger partial charge in [-0.25, -0.2) is 0 Å². The number of fused-ring (bicyclic) bond motifs is 1. The Kier molecular flexibility index (Phi) is 0.979. The predicted molar refractivity (Wildman–Crippen MR) is 36.5 cm³/mol. The minimum absolute atomic E-state index is 1.000. The first-order valence-electron chi connectivity index (χ1n) is 3.32. The first kappa shape index (κ1) is 4.91. The quantitative estimate of drug-likeness (QED) is 0.507. The van der Waals surface area contributed by atoms with E-state index in [4.69, 9.17) is 0 Å². The van der Waals surface area contributed by atoms with Gasteiger partial charge in [0.2, 0.25) is 0 Å². The lowest BCUT2D eigenvalue weighted by molar-refractivity contribution is 0.371. The van der Waals surface area contributed by atoms with E-state index in [-0.39, 0.29) is 0 Å². The molecule has 9 heavy (non-hydrogen) atoms. The lowest BCUT2D eigenvalue weighted by Crippen LogP contribution is -2.25. The second-order valence-electron chi connectivity index (χ2n) is 2.39. The fourth-order valence-electron chi connectivity index (χ4n) is 1.24. The second kappa shape index (κ2) is 1.79. The molecule has 0 amide bonds. The maximum atomic E-state index is 3.18. The van der Waals surface area contributed by atoms with E-state index in [0.717, 1.165) is 6.67 Å². The highest BCUT2D eigenvalue weighted by Crippen LogP contribution is 2.14. The van der Waals surface area contributed by atoms with E-state index in [1.807, 2.05) is 0 Å². The minimum Gasteiger partial charge on any atom is -0.372 e. The lowest BCUT2D eigenvalue weighted by atomic mass is 10.2. The molecule has 0 aliphatic carbocycles. The van der Waals surface area contributed by atoms with E-state index >= 15 is 0 Å². The van der Waals surface area contributed by atoms with Crippen LogP contribution >= 0.6 is 0 Å². The van der Waals surface area contributed by atoms with Crippen molar-refractivity contribution in [1.29, 1.82) is 0 Å². The van der Waals surface area contributed by atoms with Crippen molar-refractivity contribution in [3.63, 3.8) is 0 Å². The van der Waals surface area contributed by atoms with E-state index < -0.39 is 0 Å². The highest BCUT2D eigenvalue weighted by molar-refractivity contribution is 5.22. The van der Waals surface area contributed by atoms with Crippen LogP contribution < -0.4 is 5.32 Å². The average Bonchev–Trinajstić information content (AvgIpc) is 2.33. The molecule has 48 valence electrons. The first-order chi connectivity index (χ1) is 4.47. The summed E-state index contributed by atoms with van der Waals surface area (Å²) in [4.78, 5) is 2.33. The molecule has 1 N–H and O–H groups in total. The van der Waals surface area contributed by atoms with E-state index in [2.05, 4.69) is 28.6 Å². The first-order valence-corrected chi connectivity index (χ1v) is 3.32. The molecule has 0 aromatic carbocycles. The van der Waals surface area contributed by atoms with Gasteiger partial charge in [0.15, 0.2) is 0 Å². The van der Waals surface area contributed by atoms with Crippen LogP contribution in [-0.4, -0.2) is 18.1 Å². The highest BCUT2D eigenvalue weighted by Gasteiger charge is 2.12. The maximum absolute atomic E-state index is 3.18. The molecule has 0 aromatic heterocycles. The molecule has 0 bridgehead atoms. The van der Waals surface area contributed by atoms with Crippen molar-refractivity contribution in [2.24, 2.45) is 0 Å². The molecular formula is C7H10N2. The van der Waals surface area contributed by atoms with Crippen LogP contribution in [0.5, 0.6) is 0 Å². The summed E-state index contributed by atoms with van der Waals surface area (Å²) in [5, 5.41) is 3.18. The van der Waals surface area contributed by atoms with Crippen LogP contribution in [0.25, 0.3) is 0 Å². The van der Waals surface area contributed by atoms with Gasteiger partial charge >= 0.3 is 0 Å². The topological polar surface area (TPSA) is 15.3 Å². The Morgan fingerprint density at radius 2 is 2.56 bits per heavy atom. The molecule has 0 atom stereocenters. The molecule has 2 heterocycles. The van der Waals surface area contributed by atoms with Crippen molar-refractivity contribution in [3.8, 4) is 0 Å². The third-order valence-electron chi connectivity index (χ3n) is 1.75. The van der Waals surface area contributed by atoms with Crippen LogP contribution in [0.2, 0.25) is 0 Å². The minimum atomic E-state index is 1.000. The van der Waals surface area contributed by atoms with E-state index in [9.17, 15) is 0 Å². The summed E-state index contributed by atoms with van der Waals surface area (Å²) in [6.45, 7) is 2.18. The summed E-state index contributed by atoms with van der Waals surface area (Å²) in [6.07, 6.45) is 7.65. The van der Waals surface area contributed by atoms with Crippen molar-refractivity contribution in [2.75, 3.05) is 13.2 Å². The van der Waals surface area contributed by atoms with Gasteiger partial charge < -0.3 is 10.2 Å². The Bertz CT molecular complexity index is 170. The van der Waals surface area contributed by atoms with Gasteiger partial charge in [-0.1, -0.05) is 6.08 Å². The van der Waals surface area contributed by atoms with Crippen molar-refractivity contribution < 1.29 is 0 Å². The van der Waals surface area contributed by atoms with Gasteiger partial charge in [0, 0.05) is 12.7 Å². The summed E-state index contributed by atoms with van der Waals surface area (Å²) in [5.41, 5.74) is 1.33. The summed E-state index contributed by atoms with van der Waals surface area (Å²) in [7, 11) is 0. The number of nitrogens with zero attached hydrogens (tertiary/aromatic N) is 1. The molecule has 2 aliphatic rings. The Morgan fingerprint density at radius 1 is 1.56 bits per heavy atom. The normalized spacial score (nSPS) is 23.1. The van der Waals surface area contributed by atoms with Crippen molar-refractivity contribution in [1.82, 2.24) is 10.2 Å². The molecule has 0 radical (unpaired) electrons. The smallest absolute Gasteiger partial charge is 0.0872 e. The van der Waals surface area contributed by atoms with Gasteiger partial charge in [-0.2, -0.15) is 0 Å². The standard InChI is InChI=1S/C7H10N2/c1-2-4-9-6-8-5-7(9)3-1/h1,3,5,8H,2,4,6H2. The second-order valence-corrected chi connectivity index (χ2v) is 2.39. The number of allylic oxidation sites excluding steroid dienone is 1. The van der Waals surface area contributed by atoms with E-state index in [1.165, 1.54) is 18.7 Å². The van der Waals surface area contributed by atoms with Gasteiger partial charge in [-0.05, 0) is 12.5 Å². The molecule has 2 heteroatoms. The summed E-state index contributed by atoms with van der Waals surface area (Å²) < 4.78 is 0. The number of nitrogens with one attached hydrogen (secondary N) is 1. The molecule has 0 saturated heterocycles. The summed E-state index contributed by atoms with van der Waals surface area (Å²) >= 11 is 0. The predicted octanol–water partition coefficient (Wildman–Crippen LogP) is 0.650. The van der Waals surface area contributed by atoms with Crippen LogP contribution in [0.3, 0.4) is 0 Å². The fourth-order valence-corrected chi connectivity index (χ4v) is 1.24. The highest BCUT2D eigenvalue weighted by atomic mass is 15.3. The van der Waals surface area contributed by atoms with Crippen molar-refractivity contribution >= 4 is 0 Å². The maximum Gasteiger partial charge on any atom is 0.0872 e. The average molecular weight is 122 g/mol. The molecular weight excluding hydrogens is 112 g/mol. The van der Waals surface area contributed by atoms with Crippen LogP contribution in [0, 0.1) is 0 Å². The third kappa shape index (κ3) is 0.707. The molecule has 0 spiro atoms. The Labute approximate surface area is 54.8 Å². The van der Waals surface area contributed by atoms with Gasteiger partial charge in [-0.3, -0.25) is 0 Å². The molecule has 2 rings (SSSR count). The fraction of sp³-hybridized carbons (Fsp3) is 0.429. The SMILES string of the molecule is C1=CC2=CNCN2CC1. The Morgan fingerprint density at radius 3 is 3.44 bits per heavy atom. The monoisotopic (exact) mass is 122 g/mol. The van der Waals surface area contributed by atoms with Crippen LogP contribution in [0.1, 0.15) is 6.42 Å². The molecule has 0 fully saturated rings. The zero-order chi connectivity index (χ0) is 6.10. The number of rotatable bonds is 0. The molecule has 2 aliphatic heterocycles. The zero-order valence-electron chi connectivity index (χ0n) is 5.30. The third-order valence-corrected chi connectivity index (χ3v) is 1.75. The van der Waals surface area contributed by atoms with Gasteiger partial charge in [0.05, 0.1) is 12.4 Å². The summed E-state index contributed by atoms with van der Waals surface area (Å²) in [5.74, 6) is 0. The number of hydrogen-bond donors (Lipinski definition) is 1. The molecule has 0 saturated carbocycles. The van der Waals surface area contributed by atoms with Gasteiger partial charge in [0.1, 0.15) is 0 Å². The van der Waals surface area contributed by atoms with Crippen LogP contribution in [-0.2, 0) is 0 Å². The van der Waals surface area contributed by atoms with Gasteiger partial charge in [-0.15, -0.1) is 0 Å². The number of hydrogen-bond acceptors (Lipinski definition) is 2. The molecule has 2 nitrogen and oxygen atoms in total. The van der Waals surface area contributed by atoms with Gasteiger partial charge in [0.25, 0.3) is 0 Å². The summed E-state index contributed by atoms with van der Waals surface area (Å²) in [6, 6.07) is 0. The van der Waals surface area contributed by atoms with E-state index in [1.54, 1.807) is 0 Å². The van der Waals surface area contributed by atoms with Crippen LogP contribution in [0.4, 0.5) is 0 Å². The van der Waals surface area contributed by atoms with E-state index in [0.29, 0.717) is 0 Å². The zero-order valence-corrected chi connectivity index (χ0v) is 5.30. The molecule has 0 aromatic rings. The van der Waals surface area contributed by atoms with Crippen molar-refractivity contribution in [3.05, 3.63) is 24.0 Å². The molecule has 0 unspecified atom stereocenters. The lowest BCUT2D eigenvalue weighted by Gasteiger charge is -2.21. The largest absolute Gasteiger partial charge is 0.372 e. The Balaban J connectivity index is 2.24. The van der Waals surface area contributed by atoms with Crippen LogP contribution in [0.15, 0.2) is 24.0 Å².